The molecule has 0 atom stereocenters. The topological polar surface area (TPSA) is 30.7 Å². The maximum absolute atomic E-state index is 13.3. The molecule has 0 saturated heterocycles. The van der Waals surface area contributed by atoms with Crippen molar-refractivity contribution in [2.24, 2.45) is 0 Å². The third-order valence-corrected chi connectivity index (χ3v) is 3.29. The van der Waals surface area contributed by atoms with E-state index in [0.717, 1.165) is 35.4 Å². The summed E-state index contributed by atoms with van der Waals surface area (Å²) in [5.41, 5.74) is 2.68. The lowest BCUT2D eigenvalue weighted by Crippen LogP contribution is -2.06. The van der Waals surface area contributed by atoms with Crippen molar-refractivity contribution in [2.45, 2.75) is 26.3 Å². The molecule has 4 heteroatoms. The van der Waals surface area contributed by atoms with Crippen LogP contribution in [-0.4, -0.2) is 14.5 Å². The molecular weight excluding hydrogens is 253 g/mol. The van der Waals surface area contributed by atoms with Gasteiger partial charge in [-0.15, -0.1) is 0 Å². The molecular formula is C16H16FN3. The molecule has 20 heavy (non-hydrogen) atoms. The van der Waals surface area contributed by atoms with Gasteiger partial charge in [0.1, 0.15) is 17.2 Å². The van der Waals surface area contributed by atoms with Crippen molar-refractivity contribution in [3.05, 3.63) is 59.8 Å². The SMILES string of the molecule is CCCc1nc2cccnc2n1Cc1cccc(F)c1. The van der Waals surface area contributed by atoms with E-state index in [2.05, 4.69) is 21.5 Å². The molecule has 0 radical (unpaired) electrons. The average molecular weight is 269 g/mol. The number of halogens is 1. The van der Waals surface area contributed by atoms with Crippen LogP contribution in [0.25, 0.3) is 11.2 Å². The van der Waals surface area contributed by atoms with Crippen LogP contribution in [0, 0.1) is 5.82 Å². The summed E-state index contributed by atoms with van der Waals surface area (Å²) in [6.45, 7) is 2.72. The molecule has 0 unspecified atom stereocenters. The summed E-state index contributed by atoms with van der Waals surface area (Å²) in [4.78, 5) is 9.04. The molecule has 2 aromatic heterocycles. The summed E-state index contributed by atoms with van der Waals surface area (Å²) in [6.07, 6.45) is 3.68. The van der Waals surface area contributed by atoms with Gasteiger partial charge in [0.25, 0.3) is 0 Å². The van der Waals surface area contributed by atoms with Crippen LogP contribution in [-0.2, 0) is 13.0 Å². The van der Waals surface area contributed by atoms with Crippen LogP contribution in [0.5, 0.6) is 0 Å². The first-order valence-corrected chi connectivity index (χ1v) is 6.82. The van der Waals surface area contributed by atoms with Gasteiger partial charge in [-0.25, -0.2) is 14.4 Å². The number of benzene rings is 1. The second-order valence-electron chi connectivity index (χ2n) is 4.84. The molecule has 0 aliphatic carbocycles. The quantitative estimate of drug-likeness (QED) is 0.725. The van der Waals surface area contributed by atoms with Crippen molar-refractivity contribution < 1.29 is 4.39 Å². The van der Waals surface area contributed by atoms with Crippen molar-refractivity contribution in [2.75, 3.05) is 0 Å². The third kappa shape index (κ3) is 2.41. The van der Waals surface area contributed by atoms with Gasteiger partial charge < -0.3 is 4.57 Å². The zero-order chi connectivity index (χ0) is 13.9. The van der Waals surface area contributed by atoms with Crippen LogP contribution in [0.15, 0.2) is 42.6 Å². The molecule has 2 heterocycles. The molecule has 0 N–H and O–H groups in total. The van der Waals surface area contributed by atoms with E-state index in [9.17, 15) is 4.39 Å². The summed E-state index contributed by atoms with van der Waals surface area (Å²) in [7, 11) is 0. The van der Waals surface area contributed by atoms with E-state index in [1.165, 1.54) is 6.07 Å². The van der Waals surface area contributed by atoms with Gasteiger partial charge in [-0.3, -0.25) is 0 Å². The van der Waals surface area contributed by atoms with Gasteiger partial charge in [0.15, 0.2) is 5.65 Å². The van der Waals surface area contributed by atoms with Crippen molar-refractivity contribution in [1.82, 2.24) is 14.5 Å². The van der Waals surface area contributed by atoms with Crippen molar-refractivity contribution in [3.63, 3.8) is 0 Å². The van der Waals surface area contributed by atoms with Crippen LogP contribution in [0.1, 0.15) is 24.7 Å². The lowest BCUT2D eigenvalue weighted by molar-refractivity contribution is 0.622. The van der Waals surface area contributed by atoms with Crippen LogP contribution in [0.4, 0.5) is 4.39 Å². The van der Waals surface area contributed by atoms with Crippen LogP contribution in [0.2, 0.25) is 0 Å². The number of aryl methyl sites for hydroxylation is 1. The molecule has 0 aliphatic rings. The zero-order valence-electron chi connectivity index (χ0n) is 11.4. The molecule has 0 aliphatic heterocycles. The van der Waals surface area contributed by atoms with Gasteiger partial charge in [-0.2, -0.15) is 0 Å². The number of rotatable bonds is 4. The summed E-state index contributed by atoms with van der Waals surface area (Å²) in [6, 6.07) is 10.5. The summed E-state index contributed by atoms with van der Waals surface area (Å²) >= 11 is 0. The van der Waals surface area contributed by atoms with E-state index in [1.54, 1.807) is 18.3 Å². The van der Waals surface area contributed by atoms with Crippen LogP contribution in [0.3, 0.4) is 0 Å². The van der Waals surface area contributed by atoms with E-state index in [0.29, 0.717) is 6.54 Å². The Morgan fingerprint density at radius 1 is 1.20 bits per heavy atom. The molecule has 3 nitrogen and oxygen atoms in total. The summed E-state index contributed by atoms with van der Waals surface area (Å²) in [5, 5.41) is 0. The number of fused-ring (bicyclic) bond motifs is 1. The Morgan fingerprint density at radius 2 is 2.10 bits per heavy atom. The first-order chi connectivity index (χ1) is 9.78. The van der Waals surface area contributed by atoms with Gasteiger partial charge in [-0.05, 0) is 36.2 Å². The first-order valence-electron chi connectivity index (χ1n) is 6.82. The van der Waals surface area contributed by atoms with Crippen molar-refractivity contribution in [1.29, 1.82) is 0 Å². The van der Waals surface area contributed by atoms with Gasteiger partial charge in [0.05, 0.1) is 6.54 Å². The standard InChI is InChI=1S/C16H16FN3/c1-2-5-15-19-14-8-4-9-18-16(14)20(15)11-12-6-3-7-13(17)10-12/h3-4,6-10H,2,5,11H2,1H3. The second-order valence-corrected chi connectivity index (χ2v) is 4.84. The molecule has 1 aromatic carbocycles. The Bertz CT molecular complexity index is 733. The molecule has 3 aromatic rings. The maximum Gasteiger partial charge on any atom is 0.160 e. The average Bonchev–Trinajstić information content (AvgIpc) is 2.78. The van der Waals surface area contributed by atoms with E-state index in [4.69, 9.17) is 0 Å². The fraction of sp³-hybridized carbons (Fsp3) is 0.250. The smallest absolute Gasteiger partial charge is 0.160 e. The maximum atomic E-state index is 13.3. The highest BCUT2D eigenvalue weighted by Gasteiger charge is 2.11. The Balaban J connectivity index is 2.06. The normalized spacial score (nSPS) is 11.1. The van der Waals surface area contributed by atoms with Gasteiger partial charge >= 0.3 is 0 Å². The highest BCUT2D eigenvalue weighted by molar-refractivity contribution is 5.71. The monoisotopic (exact) mass is 269 g/mol. The molecule has 102 valence electrons. The van der Waals surface area contributed by atoms with Gasteiger partial charge in [0.2, 0.25) is 0 Å². The van der Waals surface area contributed by atoms with E-state index in [-0.39, 0.29) is 5.82 Å². The van der Waals surface area contributed by atoms with E-state index in [1.807, 2.05) is 18.2 Å². The molecule has 3 rings (SSSR count). The van der Waals surface area contributed by atoms with Gasteiger partial charge in [-0.1, -0.05) is 19.1 Å². The number of hydrogen-bond donors (Lipinski definition) is 0. The number of aromatic nitrogens is 3. The minimum absolute atomic E-state index is 0.211. The fourth-order valence-electron chi connectivity index (χ4n) is 2.40. The molecule has 0 saturated carbocycles. The molecule has 0 fully saturated rings. The predicted molar refractivity (Wildman–Crippen MR) is 77.0 cm³/mol. The Labute approximate surface area is 117 Å². The number of hydrogen-bond acceptors (Lipinski definition) is 2. The fourth-order valence-corrected chi connectivity index (χ4v) is 2.40. The van der Waals surface area contributed by atoms with E-state index >= 15 is 0 Å². The van der Waals surface area contributed by atoms with Crippen molar-refractivity contribution >= 4 is 11.2 Å². The number of imidazole rings is 1. The molecule has 0 spiro atoms. The van der Waals surface area contributed by atoms with Gasteiger partial charge in [0, 0.05) is 12.6 Å². The zero-order valence-corrected chi connectivity index (χ0v) is 11.4. The lowest BCUT2D eigenvalue weighted by Gasteiger charge is -2.08. The van der Waals surface area contributed by atoms with Crippen molar-refractivity contribution in [3.8, 4) is 0 Å². The summed E-state index contributed by atoms with van der Waals surface area (Å²) in [5.74, 6) is 0.794. The number of nitrogens with zero attached hydrogens (tertiary/aromatic N) is 3. The number of pyridine rings is 1. The highest BCUT2D eigenvalue weighted by Crippen LogP contribution is 2.17. The minimum atomic E-state index is -0.211. The Hall–Kier alpha value is -2.23. The van der Waals surface area contributed by atoms with Crippen LogP contribution >= 0.6 is 0 Å². The predicted octanol–water partition coefficient (Wildman–Crippen LogP) is 3.57. The largest absolute Gasteiger partial charge is 0.308 e. The van der Waals surface area contributed by atoms with E-state index < -0.39 is 0 Å². The third-order valence-electron chi connectivity index (χ3n) is 3.29. The Kier molecular flexibility index (Phi) is 3.46. The first kappa shape index (κ1) is 12.8. The molecule has 0 bridgehead atoms. The highest BCUT2D eigenvalue weighted by atomic mass is 19.1. The summed E-state index contributed by atoms with van der Waals surface area (Å²) < 4.78 is 15.4. The second kappa shape index (κ2) is 5.41. The minimum Gasteiger partial charge on any atom is -0.308 e. The van der Waals surface area contributed by atoms with Crippen LogP contribution < -0.4 is 0 Å². The lowest BCUT2D eigenvalue weighted by atomic mass is 10.2. The Morgan fingerprint density at radius 3 is 2.90 bits per heavy atom. The molecule has 0 amide bonds.